The van der Waals surface area contributed by atoms with Crippen LogP contribution >= 0.6 is 24.5 Å². The largest absolute Gasteiger partial charge is 0.497 e. The zero-order valence-corrected chi connectivity index (χ0v) is 37.2. The fourth-order valence-electron chi connectivity index (χ4n) is 7.20. The fraction of sp³-hybridized carbons (Fsp3) is 0.419. The fourth-order valence-corrected chi connectivity index (χ4v) is 9.53. The van der Waals surface area contributed by atoms with Crippen molar-refractivity contribution in [3.63, 3.8) is 0 Å². The standard InChI is InChI=1S/C43H52BrN8O6P/c1-29(2)52(30(3)4)59(56-24-12-23-45)58-36-25-38(51-41-39(49-42(51)44)40(46-27-47-41)48-28-50(5)6)57-37(36)26-55-43(31-13-10-9-11-14-31,32-15-19-34(53-7)20-16-32)33-17-21-35(54-8)22-18-33/h9-11,13-22,27-30,36-38H,12,24-26H2,1-8H3/b48-28-/t36-,37+,38+,59?/m0/s1. The van der Waals surface area contributed by atoms with Gasteiger partial charge in [0.1, 0.15) is 35.8 Å². The summed E-state index contributed by atoms with van der Waals surface area (Å²) in [5.74, 6) is 1.88. The monoisotopic (exact) mass is 886 g/mol. The average molecular weight is 888 g/mol. The first-order chi connectivity index (χ1) is 28.5. The van der Waals surface area contributed by atoms with Gasteiger partial charge < -0.3 is 32.9 Å². The first-order valence-electron chi connectivity index (χ1n) is 19.5. The van der Waals surface area contributed by atoms with Gasteiger partial charge in [-0.3, -0.25) is 4.57 Å². The van der Waals surface area contributed by atoms with Crippen molar-refractivity contribution in [2.75, 3.05) is 41.5 Å². The minimum atomic E-state index is -1.64. The van der Waals surface area contributed by atoms with Crippen molar-refractivity contribution in [2.45, 2.75) is 76.7 Å². The normalized spacial score (nSPS) is 17.6. The van der Waals surface area contributed by atoms with Gasteiger partial charge in [-0.25, -0.2) is 24.6 Å². The summed E-state index contributed by atoms with van der Waals surface area (Å²) in [6.45, 7) is 8.80. The quantitative estimate of drug-likeness (QED) is 0.0195. The minimum absolute atomic E-state index is 0.0940. The number of hydrogen-bond donors (Lipinski definition) is 0. The van der Waals surface area contributed by atoms with Crippen LogP contribution in [0.25, 0.3) is 11.2 Å². The van der Waals surface area contributed by atoms with E-state index in [9.17, 15) is 5.26 Å². The Morgan fingerprint density at radius 2 is 1.56 bits per heavy atom. The van der Waals surface area contributed by atoms with Crippen molar-refractivity contribution in [3.05, 3.63) is 107 Å². The molecule has 0 aliphatic carbocycles. The smallest absolute Gasteiger partial charge is 0.259 e. The van der Waals surface area contributed by atoms with Gasteiger partial charge in [0.15, 0.2) is 21.7 Å². The molecule has 0 amide bonds. The molecule has 2 aromatic heterocycles. The molecular formula is C43H52BrN8O6P. The highest BCUT2D eigenvalue weighted by atomic mass is 79.9. The Morgan fingerprint density at radius 1 is 0.949 bits per heavy atom. The number of aliphatic imine (C=N–C) groups is 1. The lowest BCUT2D eigenvalue weighted by Gasteiger charge is -2.39. The number of aromatic nitrogens is 4. The summed E-state index contributed by atoms with van der Waals surface area (Å²) in [4.78, 5) is 20.2. The summed E-state index contributed by atoms with van der Waals surface area (Å²) in [6, 6.07) is 28.4. The number of methoxy groups -OCH3 is 2. The molecule has 1 aliphatic heterocycles. The first-order valence-corrected chi connectivity index (χ1v) is 21.4. The van der Waals surface area contributed by atoms with Crippen LogP contribution in [0, 0.1) is 11.3 Å². The number of hydrogen-bond acceptors (Lipinski definition) is 12. The molecule has 0 N–H and O–H groups in total. The molecule has 6 rings (SSSR count). The van der Waals surface area contributed by atoms with Crippen LogP contribution in [-0.4, -0.2) is 101 Å². The molecular weight excluding hydrogens is 835 g/mol. The van der Waals surface area contributed by atoms with Crippen molar-refractivity contribution in [2.24, 2.45) is 4.99 Å². The van der Waals surface area contributed by atoms with Crippen LogP contribution in [0.1, 0.15) is 63.5 Å². The molecule has 3 heterocycles. The van der Waals surface area contributed by atoms with Crippen molar-refractivity contribution in [3.8, 4) is 17.6 Å². The van der Waals surface area contributed by atoms with Crippen LogP contribution in [-0.2, 0) is 24.1 Å². The van der Waals surface area contributed by atoms with Crippen LogP contribution in [0.15, 0.2) is 94.9 Å². The Kier molecular flexibility index (Phi) is 15.0. The first kappa shape index (κ1) is 44.0. The van der Waals surface area contributed by atoms with E-state index < -0.39 is 32.6 Å². The predicted molar refractivity (Wildman–Crippen MR) is 232 cm³/mol. The van der Waals surface area contributed by atoms with E-state index in [-0.39, 0.29) is 31.7 Å². The van der Waals surface area contributed by atoms with E-state index in [0.29, 0.717) is 28.1 Å². The van der Waals surface area contributed by atoms with Crippen molar-refractivity contribution >= 4 is 47.8 Å². The van der Waals surface area contributed by atoms with E-state index in [1.165, 1.54) is 6.33 Å². The lowest BCUT2D eigenvalue weighted by Crippen LogP contribution is -2.39. The second-order valence-electron chi connectivity index (χ2n) is 14.7. The Morgan fingerprint density at radius 3 is 2.12 bits per heavy atom. The lowest BCUT2D eigenvalue weighted by molar-refractivity contribution is -0.0915. The van der Waals surface area contributed by atoms with Gasteiger partial charge in [0.05, 0.1) is 52.4 Å². The van der Waals surface area contributed by atoms with Gasteiger partial charge in [-0.15, -0.1) is 0 Å². The molecule has 312 valence electrons. The maximum Gasteiger partial charge on any atom is 0.259 e. The van der Waals surface area contributed by atoms with Gasteiger partial charge in [0.25, 0.3) is 8.53 Å². The van der Waals surface area contributed by atoms with E-state index in [1.807, 2.05) is 90.3 Å². The van der Waals surface area contributed by atoms with Gasteiger partial charge in [-0.1, -0.05) is 54.6 Å². The van der Waals surface area contributed by atoms with E-state index in [4.69, 9.17) is 33.0 Å². The molecule has 1 saturated heterocycles. The third kappa shape index (κ3) is 9.93. The summed E-state index contributed by atoms with van der Waals surface area (Å²) >= 11 is 3.70. The van der Waals surface area contributed by atoms with Gasteiger partial charge in [-0.2, -0.15) is 5.26 Å². The van der Waals surface area contributed by atoms with Gasteiger partial charge in [0, 0.05) is 32.6 Å². The van der Waals surface area contributed by atoms with Crippen molar-refractivity contribution < 1.29 is 28.0 Å². The van der Waals surface area contributed by atoms with Crippen LogP contribution in [0.2, 0.25) is 0 Å². The molecule has 1 aliphatic rings. The molecule has 3 aromatic carbocycles. The molecule has 5 aromatic rings. The molecule has 0 saturated carbocycles. The number of rotatable bonds is 19. The Labute approximate surface area is 356 Å². The van der Waals surface area contributed by atoms with Gasteiger partial charge in [0.2, 0.25) is 0 Å². The second-order valence-corrected chi connectivity index (χ2v) is 16.8. The van der Waals surface area contributed by atoms with Crippen molar-refractivity contribution in [1.82, 2.24) is 29.1 Å². The van der Waals surface area contributed by atoms with E-state index in [1.54, 1.807) is 20.6 Å². The third-order valence-corrected chi connectivity index (χ3v) is 12.5. The number of benzene rings is 3. The average Bonchev–Trinajstić information content (AvgIpc) is 3.79. The van der Waals surface area contributed by atoms with E-state index in [0.717, 1.165) is 28.2 Å². The van der Waals surface area contributed by atoms with E-state index >= 15 is 0 Å². The van der Waals surface area contributed by atoms with Crippen LogP contribution < -0.4 is 9.47 Å². The molecule has 0 bridgehead atoms. The summed E-state index contributed by atoms with van der Waals surface area (Å²) in [5, 5.41) is 9.42. The van der Waals surface area contributed by atoms with Gasteiger partial charge >= 0.3 is 0 Å². The zero-order chi connectivity index (χ0) is 42.1. The van der Waals surface area contributed by atoms with Crippen LogP contribution in [0.3, 0.4) is 0 Å². The number of imidazole rings is 1. The summed E-state index contributed by atoms with van der Waals surface area (Å²) in [6.07, 6.45) is 2.08. The molecule has 1 unspecified atom stereocenters. The highest BCUT2D eigenvalue weighted by Crippen LogP contribution is 2.51. The van der Waals surface area contributed by atoms with Crippen LogP contribution in [0.5, 0.6) is 11.5 Å². The second kappa shape index (κ2) is 20.2. The molecule has 4 atom stereocenters. The molecule has 0 spiro atoms. The number of fused-ring (bicyclic) bond motifs is 1. The van der Waals surface area contributed by atoms with E-state index in [2.05, 4.69) is 81.5 Å². The number of nitriles is 1. The molecule has 14 nitrogen and oxygen atoms in total. The Bertz CT molecular complexity index is 2130. The third-order valence-electron chi connectivity index (χ3n) is 9.82. The van der Waals surface area contributed by atoms with Gasteiger partial charge in [-0.05, 0) is 84.6 Å². The number of halogens is 1. The lowest BCUT2D eigenvalue weighted by atomic mass is 9.80. The van der Waals surface area contributed by atoms with Crippen LogP contribution in [0.4, 0.5) is 5.82 Å². The summed E-state index contributed by atoms with van der Waals surface area (Å²) in [7, 11) is 5.44. The molecule has 0 radical (unpaired) electrons. The minimum Gasteiger partial charge on any atom is -0.497 e. The highest BCUT2D eigenvalue weighted by Gasteiger charge is 2.45. The molecule has 16 heteroatoms. The summed E-state index contributed by atoms with van der Waals surface area (Å²) < 4.78 is 43.7. The maximum absolute atomic E-state index is 9.42. The topological polar surface area (TPSA) is 142 Å². The highest BCUT2D eigenvalue weighted by molar-refractivity contribution is 9.10. The molecule has 1 fully saturated rings. The summed E-state index contributed by atoms with van der Waals surface area (Å²) in [5.41, 5.74) is 2.67. The molecule has 59 heavy (non-hydrogen) atoms. The number of ether oxygens (including phenoxy) is 4. The Balaban J connectivity index is 1.46. The number of nitrogens with zero attached hydrogens (tertiary/aromatic N) is 8. The zero-order valence-electron chi connectivity index (χ0n) is 34.7. The van der Waals surface area contributed by atoms with Crippen molar-refractivity contribution in [1.29, 1.82) is 5.26 Å². The SMILES string of the molecule is COc1ccc(C(OC[C@H]2O[C@@H](n3c(Br)nc4c(/N=C\N(C)C)ncnc43)C[C@@H]2OP(OCCC#N)N(C(C)C)C(C)C)(c2ccccc2)c2ccc(OC)cc2)cc1. The predicted octanol–water partition coefficient (Wildman–Crippen LogP) is 8.78. The Hall–Kier alpha value is -4.52. The maximum atomic E-state index is 9.42.